The molecule has 94 valence electrons. The van der Waals surface area contributed by atoms with Crippen LogP contribution in [0.1, 0.15) is 46.5 Å². The van der Waals surface area contributed by atoms with Crippen LogP contribution in [-0.2, 0) is 9.53 Å². The lowest BCUT2D eigenvalue weighted by atomic mass is 9.68. The van der Waals surface area contributed by atoms with Gasteiger partial charge in [0.15, 0.2) is 0 Å². The molecule has 3 atom stereocenters. The summed E-state index contributed by atoms with van der Waals surface area (Å²) in [6, 6.07) is 0. The molecule has 0 radical (unpaired) electrons. The zero-order chi connectivity index (χ0) is 12.2. The Bertz CT molecular complexity index is 242. The van der Waals surface area contributed by atoms with E-state index < -0.39 is 0 Å². The molecule has 3 nitrogen and oxygen atoms in total. The predicted octanol–water partition coefficient (Wildman–Crippen LogP) is 2.35. The Morgan fingerprint density at radius 3 is 2.69 bits per heavy atom. The third-order valence-corrected chi connectivity index (χ3v) is 4.00. The first kappa shape index (κ1) is 13.5. The van der Waals surface area contributed by atoms with E-state index in [1.54, 1.807) is 0 Å². The number of carbonyl (C=O) groups is 1. The average molecular weight is 227 g/mol. The van der Waals surface area contributed by atoms with Crippen molar-refractivity contribution in [3.8, 4) is 0 Å². The molecular formula is C13H25NO2. The van der Waals surface area contributed by atoms with Gasteiger partial charge in [0.25, 0.3) is 0 Å². The first-order valence-corrected chi connectivity index (χ1v) is 6.36. The van der Waals surface area contributed by atoms with Gasteiger partial charge in [0.1, 0.15) is 0 Å². The van der Waals surface area contributed by atoms with E-state index in [0.29, 0.717) is 12.3 Å². The molecule has 0 spiro atoms. The highest BCUT2D eigenvalue weighted by Crippen LogP contribution is 2.39. The van der Waals surface area contributed by atoms with Crippen molar-refractivity contribution < 1.29 is 9.53 Å². The first-order valence-electron chi connectivity index (χ1n) is 6.36. The maximum absolute atomic E-state index is 11.5. The minimum atomic E-state index is -0.0950. The first-order chi connectivity index (χ1) is 7.54. The van der Waals surface area contributed by atoms with Crippen molar-refractivity contribution in [1.29, 1.82) is 0 Å². The van der Waals surface area contributed by atoms with E-state index in [2.05, 4.69) is 26.1 Å². The molecule has 1 N–H and O–H groups in total. The molecule has 16 heavy (non-hydrogen) atoms. The van der Waals surface area contributed by atoms with E-state index in [-0.39, 0.29) is 11.5 Å². The van der Waals surface area contributed by atoms with Crippen LogP contribution >= 0.6 is 0 Å². The van der Waals surface area contributed by atoms with Crippen molar-refractivity contribution in [3.05, 3.63) is 0 Å². The fraction of sp³-hybridized carbons (Fsp3) is 0.923. The highest BCUT2D eigenvalue weighted by molar-refractivity contribution is 5.70. The van der Waals surface area contributed by atoms with Crippen LogP contribution in [-0.4, -0.2) is 25.2 Å². The number of carbonyl (C=O) groups excluding carboxylic acids is 1. The van der Waals surface area contributed by atoms with Gasteiger partial charge in [-0.25, -0.2) is 0 Å². The number of methoxy groups -OCH3 is 1. The van der Waals surface area contributed by atoms with Crippen molar-refractivity contribution in [2.24, 2.45) is 11.8 Å². The molecule has 0 heterocycles. The zero-order valence-electron chi connectivity index (χ0n) is 11.0. The van der Waals surface area contributed by atoms with Gasteiger partial charge < -0.3 is 10.1 Å². The molecule has 3 unspecified atom stereocenters. The molecule has 0 aliphatic heterocycles. The quantitative estimate of drug-likeness (QED) is 0.749. The molecule has 0 amide bonds. The summed E-state index contributed by atoms with van der Waals surface area (Å²) in [5, 5.41) is 3.53. The zero-order valence-corrected chi connectivity index (χ0v) is 11.0. The van der Waals surface area contributed by atoms with Gasteiger partial charge in [0.05, 0.1) is 13.5 Å². The van der Waals surface area contributed by atoms with E-state index in [4.69, 9.17) is 4.74 Å². The minimum Gasteiger partial charge on any atom is -0.469 e. The Kier molecular flexibility index (Phi) is 4.78. The summed E-state index contributed by atoms with van der Waals surface area (Å²) in [7, 11) is 1.47. The lowest BCUT2D eigenvalue weighted by molar-refractivity contribution is -0.143. The highest BCUT2D eigenvalue weighted by Gasteiger charge is 2.41. The number of esters is 1. The van der Waals surface area contributed by atoms with Crippen LogP contribution in [0.3, 0.4) is 0 Å². The molecule has 1 saturated carbocycles. The summed E-state index contributed by atoms with van der Waals surface area (Å²) < 4.78 is 4.82. The van der Waals surface area contributed by atoms with Crippen molar-refractivity contribution in [3.63, 3.8) is 0 Å². The second kappa shape index (κ2) is 5.67. The van der Waals surface area contributed by atoms with E-state index >= 15 is 0 Å². The summed E-state index contributed by atoms with van der Waals surface area (Å²) >= 11 is 0. The number of hydrogen-bond donors (Lipinski definition) is 1. The Balaban J connectivity index is 2.74. The highest BCUT2D eigenvalue weighted by atomic mass is 16.5. The minimum absolute atomic E-state index is 0.0334. The summed E-state index contributed by atoms with van der Waals surface area (Å²) in [5.41, 5.74) is -0.0334. The Hall–Kier alpha value is -0.570. The second-order valence-corrected chi connectivity index (χ2v) is 5.22. The molecule has 1 aliphatic carbocycles. The van der Waals surface area contributed by atoms with Crippen LogP contribution in [0.25, 0.3) is 0 Å². The summed E-state index contributed by atoms with van der Waals surface area (Å²) in [5.74, 6) is 1.22. The SMILES string of the molecule is CCNC1(CC(=O)OC)CCC(C)CC1C. The van der Waals surface area contributed by atoms with Crippen molar-refractivity contribution in [2.45, 2.75) is 52.0 Å². The van der Waals surface area contributed by atoms with Gasteiger partial charge in [-0.2, -0.15) is 0 Å². The van der Waals surface area contributed by atoms with Gasteiger partial charge in [-0.05, 0) is 37.6 Å². The number of rotatable bonds is 4. The Morgan fingerprint density at radius 1 is 1.50 bits per heavy atom. The summed E-state index contributed by atoms with van der Waals surface area (Å²) in [4.78, 5) is 11.5. The van der Waals surface area contributed by atoms with Gasteiger partial charge in [-0.1, -0.05) is 20.8 Å². The molecule has 1 aliphatic rings. The Morgan fingerprint density at radius 2 is 2.19 bits per heavy atom. The molecule has 0 aromatic rings. The molecule has 1 rings (SSSR count). The summed E-state index contributed by atoms with van der Waals surface area (Å²) in [6.45, 7) is 7.56. The van der Waals surface area contributed by atoms with Gasteiger partial charge in [0, 0.05) is 5.54 Å². The monoisotopic (exact) mass is 227 g/mol. The fourth-order valence-electron chi connectivity index (χ4n) is 2.97. The van der Waals surface area contributed by atoms with Crippen LogP contribution in [0.2, 0.25) is 0 Å². The smallest absolute Gasteiger partial charge is 0.307 e. The van der Waals surface area contributed by atoms with Crippen LogP contribution in [0.5, 0.6) is 0 Å². The van der Waals surface area contributed by atoms with E-state index in [0.717, 1.165) is 18.9 Å². The van der Waals surface area contributed by atoms with E-state index in [1.165, 1.54) is 20.0 Å². The van der Waals surface area contributed by atoms with Crippen LogP contribution in [0.4, 0.5) is 0 Å². The fourth-order valence-corrected chi connectivity index (χ4v) is 2.97. The molecule has 0 bridgehead atoms. The molecule has 0 aromatic heterocycles. The van der Waals surface area contributed by atoms with Crippen molar-refractivity contribution >= 4 is 5.97 Å². The third-order valence-electron chi connectivity index (χ3n) is 4.00. The number of nitrogens with one attached hydrogen (secondary N) is 1. The largest absolute Gasteiger partial charge is 0.469 e. The van der Waals surface area contributed by atoms with Crippen LogP contribution < -0.4 is 5.32 Å². The van der Waals surface area contributed by atoms with Gasteiger partial charge in [-0.3, -0.25) is 4.79 Å². The van der Waals surface area contributed by atoms with E-state index in [9.17, 15) is 4.79 Å². The maximum Gasteiger partial charge on any atom is 0.307 e. The molecule has 0 aromatic carbocycles. The standard InChI is InChI=1S/C13H25NO2/c1-5-14-13(9-12(15)16-4)7-6-10(2)8-11(13)3/h10-11,14H,5-9H2,1-4H3. The summed E-state index contributed by atoms with van der Waals surface area (Å²) in [6.07, 6.45) is 3.99. The van der Waals surface area contributed by atoms with Gasteiger partial charge >= 0.3 is 5.97 Å². The second-order valence-electron chi connectivity index (χ2n) is 5.22. The third kappa shape index (κ3) is 2.97. The molecular weight excluding hydrogens is 202 g/mol. The van der Waals surface area contributed by atoms with Crippen LogP contribution in [0, 0.1) is 11.8 Å². The molecule has 3 heteroatoms. The van der Waals surface area contributed by atoms with Gasteiger partial charge in [0.2, 0.25) is 0 Å². The normalized spacial score (nSPS) is 34.8. The lowest BCUT2D eigenvalue weighted by Crippen LogP contribution is -2.54. The molecule has 1 fully saturated rings. The predicted molar refractivity (Wildman–Crippen MR) is 65.2 cm³/mol. The van der Waals surface area contributed by atoms with Crippen molar-refractivity contribution in [1.82, 2.24) is 5.32 Å². The Labute approximate surface area is 98.9 Å². The van der Waals surface area contributed by atoms with Crippen molar-refractivity contribution in [2.75, 3.05) is 13.7 Å². The molecule has 0 saturated heterocycles. The topological polar surface area (TPSA) is 38.3 Å². The van der Waals surface area contributed by atoms with Crippen LogP contribution in [0.15, 0.2) is 0 Å². The number of hydrogen-bond acceptors (Lipinski definition) is 3. The lowest BCUT2D eigenvalue weighted by Gasteiger charge is -2.45. The van der Waals surface area contributed by atoms with Gasteiger partial charge in [-0.15, -0.1) is 0 Å². The maximum atomic E-state index is 11.5. The van der Waals surface area contributed by atoms with E-state index in [1.807, 2.05) is 0 Å². The average Bonchev–Trinajstić information content (AvgIpc) is 2.24. The number of ether oxygens (including phenoxy) is 1.